The van der Waals surface area contributed by atoms with Gasteiger partial charge in [0.2, 0.25) is 0 Å². The van der Waals surface area contributed by atoms with Crippen LogP contribution >= 0.6 is 11.8 Å². The number of nitrogens with two attached hydrogens (primary N) is 1. The van der Waals surface area contributed by atoms with Crippen molar-refractivity contribution in [2.24, 2.45) is 11.7 Å². The van der Waals surface area contributed by atoms with Gasteiger partial charge in [0.1, 0.15) is 0 Å². The molecule has 0 spiro atoms. The Bertz CT molecular complexity index is 256. The largest absolute Gasteiger partial charge is 0.327 e. The molecule has 1 rings (SSSR count). The molecular formula is C13H21NS. The molecule has 0 bridgehead atoms. The third-order valence-electron chi connectivity index (χ3n) is 2.84. The van der Waals surface area contributed by atoms with Crippen molar-refractivity contribution in [2.75, 3.05) is 5.75 Å². The lowest BCUT2D eigenvalue weighted by Gasteiger charge is -2.20. The predicted octanol–water partition coefficient (Wildman–Crippen LogP) is 3.54. The second-order valence-corrected chi connectivity index (χ2v) is 4.96. The highest BCUT2D eigenvalue weighted by molar-refractivity contribution is 7.99. The van der Waals surface area contributed by atoms with E-state index < -0.39 is 0 Å². The lowest BCUT2D eigenvalue weighted by molar-refractivity contribution is 0.422. The van der Waals surface area contributed by atoms with Crippen molar-refractivity contribution >= 4 is 11.8 Å². The molecule has 0 heterocycles. The van der Waals surface area contributed by atoms with E-state index in [2.05, 4.69) is 38.1 Å². The van der Waals surface area contributed by atoms with E-state index in [0.29, 0.717) is 12.0 Å². The fourth-order valence-electron chi connectivity index (χ4n) is 1.74. The standard InChI is InChI=1S/C13H21NS/c1-3-11(4-2)13(14)10-15-12-8-6-5-7-9-12/h5-9,11,13H,3-4,10,14H2,1-2H3. The van der Waals surface area contributed by atoms with E-state index in [1.54, 1.807) is 0 Å². The van der Waals surface area contributed by atoms with Gasteiger partial charge >= 0.3 is 0 Å². The molecule has 1 unspecified atom stereocenters. The first kappa shape index (κ1) is 12.6. The first-order valence-electron chi connectivity index (χ1n) is 5.71. The minimum absolute atomic E-state index is 0.324. The second kappa shape index (κ2) is 6.91. The van der Waals surface area contributed by atoms with E-state index in [-0.39, 0.29) is 0 Å². The van der Waals surface area contributed by atoms with Gasteiger partial charge in [-0.05, 0) is 18.1 Å². The monoisotopic (exact) mass is 223 g/mol. The SMILES string of the molecule is CCC(CC)C(N)CSc1ccccc1. The first-order valence-corrected chi connectivity index (χ1v) is 6.69. The van der Waals surface area contributed by atoms with Gasteiger partial charge in [-0.25, -0.2) is 0 Å². The number of rotatable bonds is 6. The Labute approximate surface area is 97.4 Å². The average molecular weight is 223 g/mol. The van der Waals surface area contributed by atoms with Gasteiger partial charge < -0.3 is 5.73 Å². The highest BCUT2D eigenvalue weighted by atomic mass is 32.2. The van der Waals surface area contributed by atoms with Gasteiger partial charge in [-0.3, -0.25) is 0 Å². The van der Waals surface area contributed by atoms with Crippen molar-refractivity contribution in [1.29, 1.82) is 0 Å². The highest BCUT2D eigenvalue weighted by Gasteiger charge is 2.13. The zero-order valence-corrected chi connectivity index (χ0v) is 10.5. The van der Waals surface area contributed by atoms with Crippen molar-refractivity contribution in [3.8, 4) is 0 Å². The normalized spacial score (nSPS) is 13.1. The summed E-state index contributed by atoms with van der Waals surface area (Å²) in [6.45, 7) is 4.45. The fourth-order valence-corrected chi connectivity index (χ4v) is 2.75. The summed E-state index contributed by atoms with van der Waals surface area (Å²) in [6, 6.07) is 10.8. The summed E-state index contributed by atoms with van der Waals surface area (Å²) in [7, 11) is 0. The molecular weight excluding hydrogens is 202 g/mol. The molecule has 1 aromatic carbocycles. The van der Waals surface area contributed by atoms with Crippen LogP contribution in [-0.4, -0.2) is 11.8 Å². The van der Waals surface area contributed by atoms with Crippen molar-refractivity contribution in [1.82, 2.24) is 0 Å². The second-order valence-electron chi connectivity index (χ2n) is 3.86. The zero-order chi connectivity index (χ0) is 11.1. The molecule has 1 nitrogen and oxygen atoms in total. The Balaban J connectivity index is 2.36. The van der Waals surface area contributed by atoms with E-state index in [0.717, 1.165) is 5.75 Å². The smallest absolute Gasteiger partial charge is 0.0162 e. The summed E-state index contributed by atoms with van der Waals surface area (Å²) < 4.78 is 0. The van der Waals surface area contributed by atoms with Crippen LogP contribution in [-0.2, 0) is 0 Å². The Morgan fingerprint density at radius 1 is 1.13 bits per heavy atom. The summed E-state index contributed by atoms with van der Waals surface area (Å²) in [6.07, 6.45) is 2.38. The molecule has 0 radical (unpaired) electrons. The van der Waals surface area contributed by atoms with Crippen LogP contribution in [0, 0.1) is 5.92 Å². The molecule has 0 amide bonds. The molecule has 2 heteroatoms. The lowest BCUT2D eigenvalue weighted by atomic mass is 9.96. The van der Waals surface area contributed by atoms with Crippen molar-refractivity contribution in [3.05, 3.63) is 30.3 Å². The molecule has 1 atom stereocenters. The van der Waals surface area contributed by atoms with Crippen LogP contribution in [0.2, 0.25) is 0 Å². The molecule has 0 saturated heterocycles. The molecule has 15 heavy (non-hydrogen) atoms. The van der Waals surface area contributed by atoms with Gasteiger partial charge in [0.25, 0.3) is 0 Å². The maximum Gasteiger partial charge on any atom is 0.0162 e. The van der Waals surface area contributed by atoms with Crippen LogP contribution in [0.4, 0.5) is 0 Å². The third-order valence-corrected chi connectivity index (χ3v) is 4.00. The molecule has 0 aliphatic heterocycles. The van der Waals surface area contributed by atoms with E-state index in [1.807, 2.05) is 17.8 Å². The topological polar surface area (TPSA) is 26.0 Å². The molecule has 84 valence electrons. The van der Waals surface area contributed by atoms with Crippen LogP contribution in [0.15, 0.2) is 35.2 Å². The molecule has 0 aliphatic rings. The van der Waals surface area contributed by atoms with Crippen molar-refractivity contribution < 1.29 is 0 Å². The maximum atomic E-state index is 6.17. The van der Waals surface area contributed by atoms with E-state index in [1.165, 1.54) is 17.7 Å². The summed E-state index contributed by atoms with van der Waals surface area (Å²) >= 11 is 1.86. The van der Waals surface area contributed by atoms with Gasteiger partial charge in [-0.2, -0.15) is 0 Å². The van der Waals surface area contributed by atoms with Crippen LogP contribution in [0.5, 0.6) is 0 Å². The minimum atomic E-state index is 0.324. The highest BCUT2D eigenvalue weighted by Crippen LogP contribution is 2.21. The number of thioether (sulfide) groups is 1. The molecule has 2 N–H and O–H groups in total. The quantitative estimate of drug-likeness (QED) is 0.746. The van der Waals surface area contributed by atoms with E-state index in [4.69, 9.17) is 5.73 Å². The molecule has 0 aliphatic carbocycles. The first-order chi connectivity index (χ1) is 7.27. The minimum Gasteiger partial charge on any atom is -0.327 e. The van der Waals surface area contributed by atoms with E-state index >= 15 is 0 Å². The molecule has 0 saturated carbocycles. The van der Waals surface area contributed by atoms with Crippen LogP contribution in [0.1, 0.15) is 26.7 Å². The number of hydrogen-bond donors (Lipinski definition) is 1. The van der Waals surface area contributed by atoms with Crippen LogP contribution < -0.4 is 5.73 Å². The Hall–Kier alpha value is -0.470. The van der Waals surface area contributed by atoms with Crippen molar-refractivity contribution in [3.63, 3.8) is 0 Å². The van der Waals surface area contributed by atoms with Gasteiger partial charge in [0, 0.05) is 16.7 Å². The predicted molar refractivity (Wildman–Crippen MR) is 69.2 cm³/mol. The number of benzene rings is 1. The lowest BCUT2D eigenvalue weighted by Crippen LogP contribution is -2.31. The molecule has 1 aromatic rings. The van der Waals surface area contributed by atoms with Gasteiger partial charge in [0.15, 0.2) is 0 Å². The molecule has 0 aromatic heterocycles. The number of hydrogen-bond acceptors (Lipinski definition) is 2. The average Bonchev–Trinajstić information content (AvgIpc) is 2.29. The zero-order valence-electron chi connectivity index (χ0n) is 9.65. The summed E-state index contributed by atoms with van der Waals surface area (Å²) in [5.41, 5.74) is 6.17. The molecule has 0 fully saturated rings. The van der Waals surface area contributed by atoms with E-state index in [9.17, 15) is 0 Å². The van der Waals surface area contributed by atoms with Gasteiger partial charge in [-0.15, -0.1) is 11.8 Å². The van der Waals surface area contributed by atoms with Crippen molar-refractivity contribution in [2.45, 2.75) is 37.6 Å². The Kier molecular flexibility index (Phi) is 5.81. The summed E-state index contributed by atoms with van der Waals surface area (Å²) in [4.78, 5) is 1.32. The Morgan fingerprint density at radius 2 is 1.73 bits per heavy atom. The van der Waals surface area contributed by atoms with Crippen LogP contribution in [0.3, 0.4) is 0 Å². The summed E-state index contributed by atoms with van der Waals surface area (Å²) in [5.74, 6) is 1.69. The van der Waals surface area contributed by atoms with Gasteiger partial charge in [0.05, 0.1) is 0 Å². The fraction of sp³-hybridized carbons (Fsp3) is 0.538. The van der Waals surface area contributed by atoms with Gasteiger partial charge in [-0.1, -0.05) is 44.9 Å². The Morgan fingerprint density at radius 3 is 2.27 bits per heavy atom. The third kappa shape index (κ3) is 4.27. The van der Waals surface area contributed by atoms with Crippen LogP contribution in [0.25, 0.3) is 0 Å². The maximum absolute atomic E-state index is 6.17. The summed E-state index contributed by atoms with van der Waals surface area (Å²) in [5, 5.41) is 0.